The zero-order valence-electron chi connectivity index (χ0n) is 9.72. The second-order valence-electron chi connectivity index (χ2n) is 4.19. The van der Waals surface area contributed by atoms with Crippen LogP contribution >= 0.6 is 0 Å². The molecule has 0 amide bonds. The van der Waals surface area contributed by atoms with E-state index in [-0.39, 0.29) is 0 Å². The molecule has 0 saturated carbocycles. The Hall–Kier alpha value is -2.22. The maximum absolute atomic E-state index is 3.40. The number of nitrogens with one attached hydrogen (secondary N) is 1. The Bertz CT molecular complexity index is 638. The summed E-state index contributed by atoms with van der Waals surface area (Å²) in [6, 6.07) is 18.8. The number of aromatic nitrogens is 1. The van der Waals surface area contributed by atoms with Gasteiger partial charge >= 0.3 is 0 Å². The van der Waals surface area contributed by atoms with E-state index in [1.54, 1.807) is 0 Å². The maximum Gasteiger partial charge on any atom is 0.0479 e. The van der Waals surface area contributed by atoms with Gasteiger partial charge in [0, 0.05) is 35.5 Å². The third-order valence-electron chi connectivity index (χ3n) is 2.95. The van der Waals surface area contributed by atoms with Gasteiger partial charge in [0.15, 0.2) is 0 Å². The van der Waals surface area contributed by atoms with Crippen LogP contribution in [0.1, 0.15) is 0 Å². The molecular weight excluding hydrogens is 208 g/mol. The molecule has 1 N–H and O–H groups in total. The summed E-state index contributed by atoms with van der Waals surface area (Å²) in [6.45, 7) is 0. The minimum absolute atomic E-state index is 1.11. The predicted molar refractivity (Wildman–Crippen MR) is 72.6 cm³/mol. The molecule has 0 bridgehead atoms. The maximum atomic E-state index is 3.40. The highest BCUT2D eigenvalue weighted by Gasteiger charge is 1.99. The quantitative estimate of drug-likeness (QED) is 0.695. The SMILES string of the molecule is Cn1ccc2cc(Nc3ccccc3)ccc21. The van der Waals surface area contributed by atoms with Gasteiger partial charge in [0.05, 0.1) is 0 Å². The van der Waals surface area contributed by atoms with Gasteiger partial charge in [-0.25, -0.2) is 0 Å². The first-order valence-electron chi connectivity index (χ1n) is 5.70. The zero-order valence-corrected chi connectivity index (χ0v) is 9.72. The Labute approximate surface area is 101 Å². The van der Waals surface area contributed by atoms with Crippen LogP contribution in [-0.2, 0) is 7.05 Å². The Kier molecular flexibility index (Phi) is 2.33. The van der Waals surface area contributed by atoms with Gasteiger partial charge in [-0.05, 0) is 36.4 Å². The summed E-state index contributed by atoms with van der Waals surface area (Å²) in [5.41, 5.74) is 3.49. The van der Waals surface area contributed by atoms with Crippen LogP contribution in [0, 0.1) is 0 Å². The number of fused-ring (bicyclic) bond motifs is 1. The number of nitrogens with zero attached hydrogens (tertiary/aromatic N) is 1. The number of benzene rings is 2. The molecule has 0 unspecified atom stereocenters. The summed E-state index contributed by atoms with van der Waals surface area (Å²) >= 11 is 0. The summed E-state index contributed by atoms with van der Waals surface area (Å²) < 4.78 is 2.13. The summed E-state index contributed by atoms with van der Waals surface area (Å²) in [4.78, 5) is 0. The molecule has 0 saturated heterocycles. The van der Waals surface area contributed by atoms with Crippen LogP contribution in [-0.4, -0.2) is 4.57 Å². The topological polar surface area (TPSA) is 17.0 Å². The van der Waals surface area contributed by atoms with Gasteiger partial charge in [0.25, 0.3) is 0 Å². The summed E-state index contributed by atoms with van der Waals surface area (Å²) in [7, 11) is 2.06. The molecule has 0 aliphatic carbocycles. The highest BCUT2D eigenvalue weighted by Crippen LogP contribution is 2.22. The third kappa shape index (κ3) is 1.89. The van der Waals surface area contributed by atoms with Crippen molar-refractivity contribution in [3.05, 3.63) is 60.8 Å². The van der Waals surface area contributed by atoms with Crippen molar-refractivity contribution in [1.82, 2.24) is 4.57 Å². The molecule has 1 heterocycles. The average Bonchev–Trinajstić information content (AvgIpc) is 2.72. The molecule has 2 heteroatoms. The second kappa shape index (κ2) is 3.98. The van der Waals surface area contributed by atoms with E-state index in [9.17, 15) is 0 Å². The number of hydrogen-bond acceptors (Lipinski definition) is 1. The standard InChI is InChI=1S/C15H14N2/c1-17-10-9-12-11-14(7-8-15(12)17)16-13-5-3-2-4-6-13/h2-11,16H,1H3. The molecule has 0 spiro atoms. The molecule has 2 nitrogen and oxygen atoms in total. The molecule has 1 aromatic heterocycles. The van der Waals surface area contributed by atoms with Crippen LogP contribution in [0.15, 0.2) is 60.8 Å². The number of hydrogen-bond donors (Lipinski definition) is 1. The Morgan fingerprint density at radius 2 is 1.71 bits per heavy atom. The van der Waals surface area contributed by atoms with E-state index in [4.69, 9.17) is 0 Å². The molecule has 3 rings (SSSR count). The lowest BCUT2D eigenvalue weighted by atomic mass is 10.2. The molecule has 0 aliphatic heterocycles. The van der Waals surface area contributed by atoms with Crippen molar-refractivity contribution < 1.29 is 0 Å². The number of rotatable bonds is 2. The van der Waals surface area contributed by atoms with Crippen LogP contribution in [0.5, 0.6) is 0 Å². The van der Waals surface area contributed by atoms with Crippen LogP contribution in [0.2, 0.25) is 0 Å². The smallest absolute Gasteiger partial charge is 0.0479 e. The van der Waals surface area contributed by atoms with E-state index < -0.39 is 0 Å². The van der Waals surface area contributed by atoms with Crippen LogP contribution in [0.3, 0.4) is 0 Å². The molecule has 2 aromatic carbocycles. The van der Waals surface area contributed by atoms with Crippen molar-refractivity contribution in [3.63, 3.8) is 0 Å². The van der Waals surface area contributed by atoms with Gasteiger partial charge in [-0.15, -0.1) is 0 Å². The van der Waals surface area contributed by atoms with Gasteiger partial charge < -0.3 is 9.88 Å². The lowest BCUT2D eigenvalue weighted by Crippen LogP contribution is -1.90. The highest BCUT2D eigenvalue weighted by molar-refractivity contribution is 5.84. The fraction of sp³-hybridized carbons (Fsp3) is 0.0667. The van der Waals surface area contributed by atoms with E-state index in [0.717, 1.165) is 11.4 Å². The van der Waals surface area contributed by atoms with E-state index in [0.29, 0.717) is 0 Å². The number of para-hydroxylation sites is 1. The normalized spacial score (nSPS) is 10.6. The average molecular weight is 222 g/mol. The first-order valence-corrected chi connectivity index (χ1v) is 5.70. The van der Waals surface area contributed by atoms with Gasteiger partial charge in [0.1, 0.15) is 0 Å². The van der Waals surface area contributed by atoms with E-state index in [1.165, 1.54) is 10.9 Å². The highest BCUT2D eigenvalue weighted by atomic mass is 14.9. The molecule has 0 atom stereocenters. The fourth-order valence-electron chi connectivity index (χ4n) is 2.05. The lowest BCUT2D eigenvalue weighted by molar-refractivity contribution is 0.969. The van der Waals surface area contributed by atoms with Crippen LogP contribution in [0.4, 0.5) is 11.4 Å². The van der Waals surface area contributed by atoms with Crippen molar-refractivity contribution in [2.45, 2.75) is 0 Å². The summed E-state index contributed by atoms with van der Waals surface area (Å²) in [5, 5.41) is 4.65. The van der Waals surface area contributed by atoms with Gasteiger partial charge in [-0.2, -0.15) is 0 Å². The third-order valence-corrected chi connectivity index (χ3v) is 2.95. The molecule has 0 fully saturated rings. The molecule has 84 valence electrons. The van der Waals surface area contributed by atoms with Crippen molar-refractivity contribution in [1.29, 1.82) is 0 Å². The van der Waals surface area contributed by atoms with E-state index in [2.05, 4.69) is 59.5 Å². The molecule has 0 radical (unpaired) electrons. The van der Waals surface area contributed by atoms with Gasteiger partial charge in [0.2, 0.25) is 0 Å². The molecule has 3 aromatic rings. The first-order chi connectivity index (χ1) is 8.33. The van der Waals surface area contributed by atoms with Gasteiger partial charge in [-0.1, -0.05) is 18.2 Å². The van der Waals surface area contributed by atoms with Crippen molar-refractivity contribution in [2.75, 3.05) is 5.32 Å². The minimum Gasteiger partial charge on any atom is -0.356 e. The first kappa shape index (κ1) is 9.97. The number of aryl methyl sites for hydroxylation is 1. The van der Waals surface area contributed by atoms with E-state index >= 15 is 0 Å². The van der Waals surface area contributed by atoms with Crippen LogP contribution in [0.25, 0.3) is 10.9 Å². The lowest BCUT2D eigenvalue weighted by Gasteiger charge is -2.06. The van der Waals surface area contributed by atoms with Crippen molar-refractivity contribution >= 4 is 22.3 Å². The van der Waals surface area contributed by atoms with Gasteiger partial charge in [-0.3, -0.25) is 0 Å². The minimum atomic E-state index is 1.11. The summed E-state index contributed by atoms with van der Waals surface area (Å²) in [6.07, 6.45) is 2.08. The predicted octanol–water partition coefficient (Wildman–Crippen LogP) is 3.92. The second-order valence-corrected chi connectivity index (χ2v) is 4.19. The fourth-order valence-corrected chi connectivity index (χ4v) is 2.05. The van der Waals surface area contributed by atoms with Crippen molar-refractivity contribution in [3.8, 4) is 0 Å². The number of anilines is 2. The van der Waals surface area contributed by atoms with Crippen molar-refractivity contribution in [2.24, 2.45) is 7.05 Å². The summed E-state index contributed by atoms with van der Waals surface area (Å²) in [5.74, 6) is 0. The molecule has 0 aliphatic rings. The largest absolute Gasteiger partial charge is 0.356 e. The van der Waals surface area contributed by atoms with E-state index in [1.807, 2.05) is 18.2 Å². The zero-order chi connectivity index (χ0) is 11.7. The Balaban J connectivity index is 1.96. The molecular formula is C15H14N2. The molecule has 17 heavy (non-hydrogen) atoms. The Morgan fingerprint density at radius 1 is 0.882 bits per heavy atom. The Morgan fingerprint density at radius 3 is 2.53 bits per heavy atom. The van der Waals surface area contributed by atoms with Crippen LogP contribution < -0.4 is 5.32 Å². The monoisotopic (exact) mass is 222 g/mol.